The first-order chi connectivity index (χ1) is 14.7. The lowest BCUT2D eigenvalue weighted by atomic mass is 9.49. The van der Waals surface area contributed by atoms with E-state index in [-0.39, 0.29) is 11.8 Å². The highest BCUT2D eigenvalue weighted by Gasteiger charge is 2.51. The van der Waals surface area contributed by atoms with Gasteiger partial charge in [-0.05, 0) is 90.4 Å². The molecule has 0 radical (unpaired) electrons. The molecule has 30 heavy (non-hydrogen) atoms. The molecule has 0 heterocycles. The molecule has 0 aromatic heterocycles. The number of rotatable bonds is 3. The summed E-state index contributed by atoms with van der Waals surface area (Å²) in [6.45, 7) is 0.923. The zero-order valence-electron chi connectivity index (χ0n) is 17.6. The Hall–Kier alpha value is -2.09. The van der Waals surface area contributed by atoms with Crippen LogP contribution in [0.4, 0.5) is 0 Å². The third kappa shape index (κ3) is 2.46. The fourth-order valence-corrected chi connectivity index (χ4v) is 8.81. The molecule has 2 nitrogen and oxygen atoms in total. The smallest absolute Gasteiger partial charge is 0.224 e. The quantitative estimate of drug-likeness (QED) is 0.716. The van der Waals surface area contributed by atoms with Gasteiger partial charge >= 0.3 is 0 Å². The third-order valence-corrected chi connectivity index (χ3v) is 9.44. The Labute approximate surface area is 179 Å². The number of benzene rings is 2. The highest BCUT2D eigenvalue weighted by atomic mass is 16.1. The molecule has 1 N–H and O–H groups in total. The number of nitrogens with one attached hydrogen (secondary N) is 1. The molecule has 0 saturated heterocycles. The molecule has 1 amide bonds. The number of fused-ring (bicyclic) bond motifs is 1. The van der Waals surface area contributed by atoms with E-state index in [1.807, 2.05) is 0 Å². The van der Waals surface area contributed by atoms with E-state index in [0.29, 0.717) is 17.2 Å². The third-order valence-electron chi connectivity index (χ3n) is 9.44. The molecule has 2 aromatic carbocycles. The second-order valence-corrected chi connectivity index (χ2v) is 11.3. The molecule has 6 bridgehead atoms. The minimum Gasteiger partial charge on any atom is -0.355 e. The van der Waals surface area contributed by atoms with Gasteiger partial charge in [0.2, 0.25) is 5.91 Å². The fourth-order valence-electron chi connectivity index (χ4n) is 8.81. The molecular weight excluding hydrogens is 366 g/mol. The summed E-state index contributed by atoms with van der Waals surface area (Å²) >= 11 is 0. The topological polar surface area (TPSA) is 29.1 Å². The van der Waals surface area contributed by atoms with Crippen LogP contribution in [0.1, 0.15) is 79.0 Å². The zero-order chi connectivity index (χ0) is 19.9. The second-order valence-electron chi connectivity index (χ2n) is 11.3. The second kappa shape index (κ2) is 6.22. The first-order valence-electron chi connectivity index (χ1n) is 12.1. The number of hydrogen-bond donors (Lipinski definition) is 1. The van der Waals surface area contributed by atoms with Gasteiger partial charge < -0.3 is 5.32 Å². The van der Waals surface area contributed by atoms with Crippen molar-refractivity contribution in [3.8, 4) is 0 Å². The summed E-state index contributed by atoms with van der Waals surface area (Å²) < 4.78 is 0. The minimum atomic E-state index is 0.0775. The van der Waals surface area contributed by atoms with Gasteiger partial charge in [-0.2, -0.15) is 0 Å². The summed E-state index contributed by atoms with van der Waals surface area (Å²) in [6.07, 6.45) is 9.45. The molecule has 0 spiro atoms. The Morgan fingerprint density at radius 1 is 0.767 bits per heavy atom. The van der Waals surface area contributed by atoms with Crippen LogP contribution in [0.25, 0.3) is 0 Å². The molecule has 0 aliphatic heterocycles. The summed E-state index contributed by atoms with van der Waals surface area (Å²) in [7, 11) is 0. The highest BCUT2D eigenvalue weighted by Crippen LogP contribution is 2.60. The van der Waals surface area contributed by atoms with E-state index in [1.165, 1.54) is 60.8 Å². The normalized spacial score (nSPS) is 39.5. The Bertz CT molecular complexity index is 940. The lowest BCUT2D eigenvalue weighted by Gasteiger charge is -2.57. The molecule has 0 unspecified atom stereocenters. The van der Waals surface area contributed by atoms with Gasteiger partial charge in [0.15, 0.2) is 0 Å². The van der Waals surface area contributed by atoms with Crippen molar-refractivity contribution in [2.45, 2.75) is 56.8 Å². The monoisotopic (exact) mass is 397 g/mol. The van der Waals surface area contributed by atoms with Crippen LogP contribution < -0.4 is 5.32 Å². The maximum atomic E-state index is 13.6. The summed E-state index contributed by atoms with van der Waals surface area (Å²) in [5.74, 6) is 3.81. The lowest BCUT2D eigenvalue weighted by molar-refractivity contribution is -0.128. The number of carbonyl (C=O) groups excluding carboxylic acids is 1. The summed E-state index contributed by atoms with van der Waals surface area (Å²) in [4.78, 5) is 13.6. The van der Waals surface area contributed by atoms with Gasteiger partial charge in [-0.15, -0.1) is 0 Å². The first kappa shape index (κ1) is 17.6. The van der Waals surface area contributed by atoms with Gasteiger partial charge in [0.05, 0.1) is 0 Å². The molecule has 4 saturated carbocycles. The van der Waals surface area contributed by atoms with Crippen LogP contribution >= 0.6 is 0 Å². The van der Waals surface area contributed by atoms with Crippen molar-refractivity contribution in [3.63, 3.8) is 0 Å². The van der Waals surface area contributed by atoms with E-state index < -0.39 is 0 Å². The molecule has 2 aromatic rings. The van der Waals surface area contributed by atoms with Crippen LogP contribution in [0.5, 0.6) is 0 Å². The maximum absolute atomic E-state index is 13.6. The number of carbonyl (C=O) groups is 1. The van der Waals surface area contributed by atoms with Crippen LogP contribution in [0.3, 0.4) is 0 Å². The van der Waals surface area contributed by atoms with E-state index in [9.17, 15) is 4.79 Å². The standard InChI is InChI=1S/C28H31NO/c30-27(29-16-28-13-17-9-18(14-28)11-19(10-17)15-28)25-12-24-20-5-1-3-7-22(20)26(25)23-8-4-2-6-21(23)24/h1-8,17-19,24-26H,9-16H2,(H,29,30)/t17?,18?,19?,24?,25-,26?,28?/m0/s1. The van der Waals surface area contributed by atoms with Crippen molar-refractivity contribution < 1.29 is 4.79 Å². The van der Waals surface area contributed by atoms with Crippen LogP contribution in [-0.2, 0) is 4.79 Å². The molecule has 9 rings (SSSR count). The largest absolute Gasteiger partial charge is 0.355 e. The van der Waals surface area contributed by atoms with Crippen molar-refractivity contribution in [1.29, 1.82) is 0 Å². The molecule has 1 atom stereocenters. The molecular formula is C28H31NO. The van der Waals surface area contributed by atoms with Gasteiger partial charge in [-0.3, -0.25) is 4.79 Å². The lowest BCUT2D eigenvalue weighted by Crippen LogP contribution is -2.52. The van der Waals surface area contributed by atoms with E-state index in [1.54, 1.807) is 0 Å². The first-order valence-corrected chi connectivity index (χ1v) is 12.1. The molecule has 2 heteroatoms. The van der Waals surface area contributed by atoms with Crippen LogP contribution in [0.15, 0.2) is 48.5 Å². The Morgan fingerprint density at radius 2 is 1.27 bits per heavy atom. The van der Waals surface area contributed by atoms with Crippen LogP contribution in [-0.4, -0.2) is 12.5 Å². The van der Waals surface area contributed by atoms with E-state index >= 15 is 0 Å². The van der Waals surface area contributed by atoms with Gasteiger partial charge in [0.25, 0.3) is 0 Å². The van der Waals surface area contributed by atoms with Crippen molar-refractivity contribution in [2.24, 2.45) is 29.1 Å². The zero-order valence-corrected chi connectivity index (χ0v) is 17.6. The predicted octanol–water partition coefficient (Wildman–Crippen LogP) is 5.62. The van der Waals surface area contributed by atoms with Crippen molar-refractivity contribution in [2.75, 3.05) is 6.54 Å². The van der Waals surface area contributed by atoms with Gasteiger partial charge in [0, 0.05) is 24.3 Å². The minimum absolute atomic E-state index is 0.0775. The molecule has 4 fully saturated rings. The van der Waals surface area contributed by atoms with Crippen molar-refractivity contribution in [1.82, 2.24) is 5.32 Å². The predicted molar refractivity (Wildman–Crippen MR) is 118 cm³/mol. The molecule has 7 aliphatic carbocycles. The van der Waals surface area contributed by atoms with E-state index in [4.69, 9.17) is 0 Å². The maximum Gasteiger partial charge on any atom is 0.224 e. The molecule has 154 valence electrons. The fraction of sp³-hybridized carbons (Fsp3) is 0.536. The Balaban J connectivity index is 1.16. The number of amides is 1. The average molecular weight is 398 g/mol. The molecule has 7 aliphatic rings. The van der Waals surface area contributed by atoms with Crippen molar-refractivity contribution in [3.05, 3.63) is 70.8 Å². The van der Waals surface area contributed by atoms with E-state index in [2.05, 4.69) is 53.8 Å². The van der Waals surface area contributed by atoms with Gasteiger partial charge in [-0.25, -0.2) is 0 Å². The Morgan fingerprint density at radius 3 is 1.80 bits per heavy atom. The van der Waals surface area contributed by atoms with Gasteiger partial charge in [-0.1, -0.05) is 48.5 Å². The van der Waals surface area contributed by atoms with Gasteiger partial charge in [0.1, 0.15) is 0 Å². The van der Waals surface area contributed by atoms with Crippen LogP contribution in [0.2, 0.25) is 0 Å². The highest BCUT2D eigenvalue weighted by molar-refractivity contribution is 5.82. The average Bonchev–Trinajstić information content (AvgIpc) is 2.77. The summed E-state index contributed by atoms with van der Waals surface area (Å²) in [6, 6.07) is 17.7. The van der Waals surface area contributed by atoms with Crippen LogP contribution in [0, 0.1) is 29.1 Å². The SMILES string of the molecule is O=C(NCC12CC3CC(CC(C3)C1)C2)[C@H]1CC2c3ccccc3C1c1ccccc12. The summed E-state index contributed by atoms with van der Waals surface area (Å²) in [5.41, 5.74) is 6.09. The summed E-state index contributed by atoms with van der Waals surface area (Å²) in [5, 5.41) is 3.52. The van der Waals surface area contributed by atoms with E-state index in [0.717, 1.165) is 30.7 Å². The Kier molecular flexibility index (Phi) is 3.64. The van der Waals surface area contributed by atoms with Crippen molar-refractivity contribution >= 4 is 5.91 Å². The number of hydrogen-bond acceptors (Lipinski definition) is 1.